The molecule has 0 aliphatic carbocycles. The minimum absolute atomic E-state index is 0.423. The highest BCUT2D eigenvalue weighted by atomic mass is 16.5. The fraction of sp³-hybridized carbons (Fsp3) is 0.368. The van der Waals surface area contributed by atoms with Gasteiger partial charge >= 0.3 is 0 Å². The van der Waals surface area contributed by atoms with Gasteiger partial charge in [-0.25, -0.2) is 0 Å². The van der Waals surface area contributed by atoms with E-state index in [-0.39, 0.29) is 0 Å². The topological polar surface area (TPSA) is 12.5 Å². The fourth-order valence-corrected chi connectivity index (χ4v) is 4.08. The summed E-state index contributed by atoms with van der Waals surface area (Å²) in [7, 11) is 1.79. The predicted molar refractivity (Wildman–Crippen MR) is 84.8 cm³/mol. The number of methoxy groups -OCH3 is 1. The van der Waals surface area contributed by atoms with E-state index >= 15 is 0 Å². The minimum atomic E-state index is 0.423. The second kappa shape index (κ2) is 5.19. The van der Waals surface area contributed by atoms with E-state index in [0.717, 1.165) is 12.3 Å². The van der Waals surface area contributed by atoms with E-state index in [2.05, 4.69) is 53.4 Å². The van der Waals surface area contributed by atoms with Gasteiger partial charge in [-0.05, 0) is 36.6 Å². The van der Waals surface area contributed by atoms with Gasteiger partial charge in [-0.3, -0.25) is 4.90 Å². The van der Waals surface area contributed by atoms with Gasteiger partial charge in [-0.2, -0.15) is 0 Å². The third-order valence-corrected chi connectivity index (χ3v) is 5.01. The van der Waals surface area contributed by atoms with Crippen LogP contribution in [0, 0.1) is 0 Å². The summed E-state index contributed by atoms with van der Waals surface area (Å²) in [6.07, 6.45) is 2.59. The molecule has 108 valence electrons. The molecule has 2 heterocycles. The standard InChI is InChI=1S/C19H21NO/c1-21-18-11-5-9-15-17-10-6-12-20(17)13-16(19(15)18)14-7-3-2-4-8-14/h2-5,7-9,11,16-17H,6,10,12-13H2,1H3. The van der Waals surface area contributed by atoms with Gasteiger partial charge in [0.2, 0.25) is 0 Å². The van der Waals surface area contributed by atoms with E-state index in [1.807, 2.05) is 0 Å². The van der Waals surface area contributed by atoms with Crippen molar-refractivity contribution in [1.82, 2.24) is 4.90 Å². The molecule has 2 nitrogen and oxygen atoms in total. The highest BCUT2D eigenvalue weighted by Gasteiger charge is 2.37. The molecule has 1 fully saturated rings. The Kier molecular flexibility index (Phi) is 3.19. The quantitative estimate of drug-likeness (QED) is 0.824. The molecule has 0 radical (unpaired) electrons. The monoisotopic (exact) mass is 279 g/mol. The van der Waals surface area contributed by atoms with Crippen LogP contribution in [-0.2, 0) is 0 Å². The predicted octanol–water partition coefficient (Wildman–Crippen LogP) is 3.98. The number of benzene rings is 2. The van der Waals surface area contributed by atoms with E-state index in [1.165, 1.54) is 36.1 Å². The average molecular weight is 279 g/mol. The second-order valence-electron chi connectivity index (χ2n) is 6.08. The summed E-state index contributed by atoms with van der Waals surface area (Å²) in [4.78, 5) is 2.65. The molecular weight excluding hydrogens is 258 g/mol. The largest absolute Gasteiger partial charge is 0.496 e. The Bertz CT molecular complexity index is 637. The van der Waals surface area contributed by atoms with Crippen LogP contribution >= 0.6 is 0 Å². The maximum Gasteiger partial charge on any atom is 0.123 e. The highest BCUT2D eigenvalue weighted by molar-refractivity contribution is 5.50. The van der Waals surface area contributed by atoms with Crippen LogP contribution in [0.2, 0.25) is 0 Å². The normalized spacial score (nSPS) is 24.4. The molecule has 0 spiro atoms. The van der Waals surface area contributed by atoms with Gasteiger partial charge in [0, 0.05) is 24.1 Å². The van der Waals surface area contributed by atoms with Crippen LogP contribution in [0.3, 0.4) is 0 Å². The first-order valence-corrected chi connectivity index (χ1v) is 7.84. The molecule has 0 N–H and O–H groups in total. The number of hydrogen-bond donors (Lipinski definition) is 0. The molecule has 0 saturated carbocycles. The van der Waals surface area contributed by atoms with Crippen molar-refractivity contribution in [3.63, 3.8) is 0 Å². The average Bonchev–Trinajstić information content (AvgIpc) is 3.03. The maximum absolute atomic E-state index is 5.69. The van der Waals surface area contributed by atoms with E-state index in [0.29, 0.717) is 12.0 Å². The van der Waals surface area contributed by atoms with E-state index in [1.54, 1.807) is 7.11 Å². The van der Waals surface area contributed by atoms with Crippen LogP contribution in [-0.4, -0.2) is 25.1 Å². The van der Waals surface area contributed by atoms with Gasteiger partial charge in [0.15, 0.2) is 0 Å². The van der Waals surface area contributed by atoms with E-state index in [9.17, 15) is 0 Å². The zero-order valence-corrected chi connectivity index (χ0v) is 12.5. The highest BCUT2D eigenvalue weighted by Crippen LogP contribution is 2.47. The lowest BCUT2D eigenvalue weighted by Gasteiger charge is -2.38. The number of hydrogen-bond acceptors (Lipinski definition) is 2. The number of fused-ring (bicyclic) bond motifs is 3. The Morgan fingerprint density at radius 2 is 1.90 bits per heavy atom. The summed E-state index contributed by atoms with van der Waals surface area (Å²) in [6.45, 7) is 2.34. The van der Waals surface area contributed by atoms with Crippen molar-refractivity contribution >= 4 is 0 Å². The third-order valence-electron chi connectivity index (χ3n) is 5.01. The summed E-state index contributed by atoms with van der Waals surface area (Å²) >= 11 is 0. The molecule has 2 aromatic carbocycles. The summed E-state index contributed by atoms with van der Waals surface area (Å²) < 4.78 is 5.69. The molecule has 0 bridgehead atoms. The first-order chi connectivity index (χ1) is 10.4. The molecule has 1 saturated heterocycles. The maximum atomic E-state index is 5.69. The van der Waals surface area contributed by atoms with Gasteiger partial charge < -0.3 is 4.74 Å². The van der Waals surface area contributed by atoms with Crippen molar-refractivity contribution in [2.75, 3.05) is 20.2 Å². The lowest BCUT2D eigenvalue weighted by molar-refractivity contribution is 0.227. The molecule has 2 unspecified atom stereocenters. The molecule has 2 atom stereocenters. The van der Waals surface area contributed by atoms with E-state index < -0.39 is 0 Å². The number of nitrogens with zero attached hydrogens (tertiary/aromatic N) is 1. The van der Waals surface area contributed by atoms with E-state index in [4.69, 9.17) is 4.74 Å². The second-order valence-corrected chi connectivity index (χ2v) is 6.08. The minimum Gasteiger partial charge on any atom is -0.496 e. The van der Waals surface area contributed by atoms with Gasteiger partial charge in [0.25, 0.3) is 0 Å². The van der Waals surface area contributed by atoms with Gasteiger partial charge in [-0.1, -0.05) is 42.5 Å². The Balaban J connectivity index is 1.88. The van der Waals surface area contributed by atoms with Crippen LogP contribution in [0.4, 0.5) is 0 Å². The summed E-state index contributed by atoms with van der Waals surface area (Å²) in [5.41, 5.74) is 4.29. The van der Waals surface area contributed by atoms with Crippen molar-refractivity contribution in [3.05, 3.63) is 65.2 Å². The molecule has 2 aliphatic rings. The van der Waals surface area contributed by atoms with Crippen LogP contribution in [0.1, 0.15) is 41.5 Å². The Hall–Kier alpha value is -1.80. The SMILES string of the molecule is COc1cccc2c1C(c1ccccc1)CN1CCCC21. The Morgan fingerprint density at radius 1 is 1.05 bits per heavy atom. The Morgan fingerprint density at radius 3 is 2.71 bits per heavy atom. The first-order valence-electron chi connectivity index (χ1n) is 7.84. The molecule has 0 amide bonds. The third kappa shape index (κ3) is 2.06. The lowest BCUT2D eigenvalue weighted by Crippen LogP contribution is -2.34. The smallest absolute Gasteiger partial charge is 0.123 e. The van der Waals surface area contributed by atoms with Crippen LogP contribution in [0.15, 0.2) is 48.5 Å². The van der Waals surface area contributed by atoms with Crippen LogP contribution in [0.5, 0.6) is 5.75 Å². The molecule has 2 heteroatoms. The summed E-state index contributed by atoms with van der Waals surface area (Å²) in [5.74, 6) is 1.47. The Labute approximate surface area is 126 Å². The van der Waals surface area contributed by atoms with Gasteiger partial charge in [-0.15, -0.1) is 0 Å². The molecule has 0 aromatic heterocycles. The molecule has 4 rings (SSSR count). The molecule has 21 heavy (non-hydrogen) atoms. The number of ether oxygens (including phenoxy) is 1. The number of rotatable bonds is 2. The molecular formula is C19H21NO. The fourth-order valence-electron chi connectivity index (χ4n) is 4.08. The van der Waals surface area contributed by atoms with Gasteiger partial charge in [0.05, 0.1) is 7.11 Å². The van der Waals surface area contributed by atoms with Crippen molar-refractivity contribution in [2.45, 2.75) is 24.8 Å². The first kappa shape index (κ1) is 12.9. The summed E-state index contributed by atoms with van der Waals surface area (Å²) in [5, 5.41) is 0. The van der Waals surface area contributed by atoms with Gasteiger partial charge in [0.1, 0.15) is 5.75 Å². The van der Waals surface area contributed by atoms with Crippen molar-refractivity contribution in [3.8, 4) is 5.75 Å². The van der Waals surface area contributed by atoms with Crippen LogP contribution < -0.4 is 4.74 Å². The van der Waals surface area contributed by atoms with Crippen LogP contribution in [0.25, 0.3) is 0 Å². The van der Waals surface area contributed by atoms with Crippen molar-refractivity contribution < 1.29 is 4.74 Å². The zero-order chi connectivity index (χ0) is 14.2. The lowest BCUT2D eigenvalue weighted by atomic mass is 9.81. The molecule has 2 aromatic rings. The molecule has 2 aliphatic heterocycles. The zero-order valence-electron chi connectivity index (χ0n) is 12.5. The summed E-state index contributed by atoms with van der Waals surface area (Å²) in [6, 6.07) is 18.0. The van der Waals surface area contributed by atoms with Crippen molar-refractivity contribution in [1.29, 1.82) is 0 Å². The van der Waals surface area contributed by atoms with Crippen molar-refractivity contribution in [2.24, 2.45) is 0 Å².